The van der Waals surface area contributed by atoms with E-state index in [4.69, 9.17) is 4.52 Å². The van der Waals surface area contributed by atoms with Crippen molar-refractivity contribution in [3.05, 3.63) is 29.4 Å². The second-order valence-corrected chi connectivity index (χ2v) is 6.20. The zero-order chi connectivity index (χ0) is 14.8. The molecule has 2 heterocycles. The fourth-order valence-corrected chi connectivity index (χ4v) is 3.57. The van der Waals surface area contributed by atoms with Gasteiger partial charge in [0.2, 0.25) is 10.0 Å². The molecular formula is C12H18N4O3S. The number of sulfonamides is 1. The highest BCUT2D eigenvalue weighted by Gasteiger charge is 2.23. The minimum absolute atomic E-state index is 0.268. The van der Waals surface area contributed by atoms with Gasteiger partial charge in [-0.05, 0) is 27.2 Å². The number of nitrogens with one attached hydrogen (secondary N) is 1. The SMILES string of the molecule is CCn1nc(C)c(S(=O)(=O)NCCc2cnoc2)c1C. The molecule has 7 nitrogen and oxygen atoms in total. The monoisotopic (exact) mass is 298 g/mol. The molecule has 0 aliphatic rings. The van der Waals surface area contributed by atoms with Crippen LogP contribution in [0.5, 0.6) is 0 Å². The van der Waals surface area contributed by atoms with Crippen molar-refractivity contribution in [3.63, 3.8) is 0 Å². The lowest BCUT2D eigenvalue weighted by atomic mass is 10.3. The van der Waals surface area contributed by atoms with E-state index < -0.39 is 10.0 Å². The molecule has 0 radical (unpaired) electrons. The predicted molar refractivity (Wildman–Crippen MR) is 72.8 cm³/mol. The molecule has 2 aromatic heterocycles. The van der Waals surface area contributed by atoms with Crippen LogP contribution in [0.1, 0.15) is 23.9 Å². The Balaban J connectivity index is 2.12. The molecule has 0 aliphatic heterocycles. The zero-order valence-corrected chi connectivity index (χ0v) is 12.6. The van der Waals surface area contributed by atoms with Crippen LogP contribution in [0.2, 0.25) is 0 Å². The van der Waals surface area contributed by atoms with Crippen molar-refractivity contribution >= 4 is 10.0 Å². The summed E-state index contributed by atoms with van der Waals surface area (Å²) in [6.45, 7) is 6.32. The number of aromatic nitrogens is 3. The van der Waals surface area contributed by atoms with E-state index in [1.54, 1.807) is 24.7 Å². The van der Waals surface area contributed by atoms with Gasteiger partial charge in [0, 0.05) is 18.7 Å². The van der Waals surface area contributed by atoms with Gasteiger partial charge in [-0.15, -0.1) is 0 Å². The van der Waals surface area contributed by atoms with Crippen molar-refractivity contribution < 1.29 is 12.9 Å². The summed E-state index contributed by atoms with van der Waals surface area (Å²) in [6, 6.07) is 0. The third-order valence-electron chi connectivity index (χ3n) is 3.07. The Labute approximate surface area is 118 Å². The Morgan fingerprint density at radius 2 is 2.15 bits per heavy atom. The van der Waals surface area contributed by atoms with Gasteiger partial charge in [-0.2, -0.15) is 5.10 Å². The minimum Gasteiger partial charge on any atom is -0.364 e. The third-order valence-corrected chi connectivity index (χ3v) is 4.79. The van der Waals surface area contributed by atoms with Crippen molar-refractivity contribution in [1.29, 1.82) is 0 Å². The van der Waals surface area contributed by atoms with E-state index in [-0.39, 0.29) is 4.90 Å². The van der Waals surface area contributed by atoms with Crippen molar-refractivity contribution in [1.82, 2.24) is 19.7 Å². The predicted octanol–water partition coefficient (Wildman–Crippen LogP) is 1.03. The molecule has 2 aromatic rings. The smallest absolute Gasteiger partial charge is 0.244 e. The van der Waals surface area contributed by atoms with Gasteiger partial charge >= 0.3 is 0 Å². The maximum Gasteiger partial charge on any atom is 0.244 e. The molecule has 8 heteroatoms. The van der Waals surface area contributed by atoms with Crippen LogP contribution in [-0.4, -0.2) is 29.9 Å². The van der Waals surface area contributed by atoms with Gasteiger partial charge in [0.05, 0.1) is 17.6 Å². The Hall–Kier alpha value is -1.67. The molecular weight excluding hydrogens is 280 g/mol. The van der Waals surface area contributed by atoms with Crippen molar-refractivity contribution in [2.75, 3.05) is 6.54 Å². The number of hydrogen-bond acceptors (Lipinski definition) is 5. The van der Waals surface area contributed by atoms with Gasteiger partial charge in [-0.1, -0.05) is 5.16 Å². The number of hydrogen-bond donors (Lipinski definition) is 1. The van der Waals surface area contributed by atoms with Crippen LogP contribution in [0, 0.1) is 13.8 Å². The van der Waals surface area contributed by atoms with Gasteiger partial charge < -0.3 is 4.52 Å². The molecule has 0 aromatic carbocycles. The summed E-state index contributed by atoms with van der Waals surface area (Å²) < 4.78 is 33.6. The highest BCUT2D eigenvalue weighted by Crippen LogP contribution is 2.19. The molecule has 1 N–H and O–H groups in total. The lowest BCUT2D eigenvalue weighted by Gasteiger charge is -2.06. The van der Waals surface area contributed by atoms with Gasteiger partial charge in [-0.3, -0.25) is 4.68 Å². The summed E-state index contributed by atoms with van der Waals surface area (Å²) in [6.07, 6.45) is 3.60. The Morgan fingerprint density at radius 1 is 1.40 bits per heavy atom. The van der Waals surface area contributed by atoms with E-state index in [1.165, 1.54) is 6.26 Å². The quantitative estimate of drug-likeness (QED) is 0.860. The first kappa shape index (κ1) is 14.7. The molecule has 0 bridgehead atoms. The fourth-order valence-electron chi connectivity index (χ4n) is 2.13. The molecule has 0 aliphatic carbocycles. The Kier molecular flexibility index (Phi) is 4.24. The van der Waals surface area contributed by atoms with Gasteiger partial charge in [0.15, 0.2) is 0 Å². The van der Waals surface area contributed by atoms with Crippen molar-refractivity contribution in [2.45, 2.75) is 38.6 Å². The highest BCUT2D eigenvalue weighted by atomic mass is 32.2. The van der Waals surface area contributed by atoms with Crippen LogP contribution >= 0.6 is 0 Å². The topological polar surface area (TPSA) is 90.0 Å². The van der Waals surface area contributed by atoms with E-state index in [1.807, 2.05) is 6.92 Å². The van der Waals surface area contributed by atoms with Crippen LogP contribution in [0.4, 0.5) is 0 Å². The summed E-state index contributed by atoms with van der Waals surface area (Å²) in [7, 11) is -3.55. The zero-order valence-electron chi connectivity index (χ0n) is 11.8. The van der Waals surface area contributed by atoms with Crippen LogP contribution in [0.15, 0.2) is 21.9 Å². The first-order valence-electron chi connectivity index (χ1n) is 6.37. The maximum atomic E-state index is 12.3. The largest absolute Gasteiger partial charge is 0.364 e. The van der Waals surface area contributed by atoms with E-state index in [0.717, 1.165) is 5.56 Å². The van der Waals surface area contributed by atoms with Crippen LogP contribution in [-0.2, 0) is 23.0 Å². The average molecular weight is 298 g/mol. The lowest BCUT2D eigenvalue weighted by Crippen LogP contribution is -2.27. The molecule has 0 fully saturated rings. The number of rotatable bonds is 6. The van der Waals surface area contributed by atoms with Crippen molar-refractivity contribution in [2.24, 2.45) is 0 Å². The summed E-state index contributed by atoms with van der Waals surface area (Å²) >= 11 is 0. The van der Waals surface area contributed by atoms with E-state index in [9.17, 15) is 8.42 Å². The first-order valence-corrected chi connectivity index (χ1v) is 7.86. The van der Waals surface area contributed by atoms with Gasteiger partial charge in [0.25, 0.3) is 0 Å². The summed E-state index contributed by atoms with van der Waals surface area (Å²) in [4.78, 5) is 0.268. The number of aryl methyl sites for hydroxylation is 2. The van der Waals surface area contributed by atoms with Crippen LogP contribution in [0.25, 0.3) is 0 Å². The summed E-state index contributed by atoms with van der Waals surface area (Å²) in [5.74, 6) is 0. The molecule has 2 rings (SSSR count). The normalized spacial score (nSPS) is 11.9. The summed E-state index contributed by atoms with van der Waals surface area (Å²) in [5.41, 5.74) is 2.02. The van der Waals surface area contributed by atoms with Gasteiger partial charge in [-0.25, -0.2) is 13.1 Å². The lowest BCUT2D eigenvalue weighted by molar-refractivity contribution is 0.419. The first-order chi connectivity index (χ1) is 9.45. The standard InChI is InChI=1S/C12H18N4O3S/c1-4-16-10(3)12(9(2)15-16)20(17,18)14-6-5-11-7-13-19-8-11/h7-8,14H,4-6H2,1-3H3. The molecule has 0 atom stereocenters. The molecule has 0 saturated heterocycles. The van der Waals surface area contributed by atoms with Crippen LogP contribution < -0.4 is 4.72 Å². The second-order valence-electron chi connectivity index (χ2n) is 4.50. The molecule has 0 saturated carbocycles. The van der Waals surface area contributed by atoms with E-state index >= 15 is 0 Å². The Bertz CT molecular complexity index is 674. The summed E-state index contributed by atoms with van der Waals surface area (Å²) in [5, 5.41) is 7.80. The Morgan fingerprint density at radius 3 is 2.70 bits per heavy atom. The molecule has 110 valence electrons. The average Bonchev–Trinajstić information content (AvgIpc) is 2.97. The van der Waals surface area contributed by atoms with Gasteiger partial charge in [0.1, 0.15) is 11.2 Å². The fraction of sp³-hybridized carbons (Fsp3) is 0.500. The maximum absolute atomic E-state index is 12.3. The molecule has 0 amide bonds. The van der Waals surface area contributed by atoms with E-state index in [2.05, 4.69) is 15.0 Å². The molecule has 0 unspecified atom stereocenters. The highest BCUT2D eigenvalue weighted by molar-refractivity contribution is 7.89. The molecule has 20 heavy (non-hydrogen) atoms. The van der Waals surface area contributed by atoms with E-state index in [0.29, 0.717) is 30.9 Å². The van der Waals surface area contributed by atoms with Crippen molar-refractivity contribution in [3.8, 4) is 0 Å². The third kappa shape index (κ3) is 2.91. The van der Waals surface area contributed by atoms with Crippen LogP contribution in [0.3, 0.4) is 0 Å². The molecule has 0 spiro atoms. The second kappa shape index (κ2) is 5.76. The minimum atomic E-state index is -3.55. The number of nitrogens with zero attached hydrogens (tertiary/aromatic N) is 3.